The van der Waals surface area contributed by atoms with E-state index in [2.05, 4.69) is 15.4 Å². The number of nitriles is 1. The lowest BCUT2D eigenvalue weighted by molar-refractivity contribution is 0.0931. The van der Waals surface area contributed by atoms with Crippen molar-refractivity contribution in [2.45, 2.75) is 26.4 Å². The normalized spacial score (nSPS) is 11.6. The second-order valence-electron chi connectivity index (χ2n) is 6.20. The molecule has 0 aliphatic heterocycles. The summed E-state index contributed by atoms with van der Waals surface area (Å²) in [5, 5.41) is 18.6. The average molecular weight is 414 g/mol. The van der Waals surface area contributed by atoms with Gasteiger partial charge in [-0.2, -0.15) is 10.4 Å². The number of Topliss-reactive ketones (excluding diaryl/α,β-unsaturated/α-hetero) is 1. The first kappa shape index (κ1) is 19.7. The largest absolute Gasteiger partial charge is 0.346 e. The van der Waals surface area contributed by atoms with Gasteiger partial charge in [0.15, 0.2) is 10.8 Å². The topological polar surface area (TPSA) is 101 Å². The Balaban J connectivity index is 1.64. The predicted molar refractivity (Wildman–Crippen MR) is 106 cm³/mol. The van der Waals surface area contributed by atoms with Crippen LogP contribution in [0.25, 0.3) is 11.3 Å². The number of carbonyl (C=O) groups excluding carboxylic acids is 2. The zero-order valence-corrected chi connectivity index (χ0v) is 16.7. The first-order valence-corrected chi connectivity index (χ1v) is 9.64. The Morgan fingerprint density at radius 1 is 1.39 bits per heavy atom. The number of nitrogens with one attached hydrogen (secondary N) is 1. The highest BCUT2D eigenvalue weighted by atomic mass is 35.5. The minimum Gasteiger partial charge on any atom is -0.346 e. The van der Waals surface area contributed by atoms with Crippen LogP contribution >= 0.6 is 22.9 Å². The molecule has 0 radical (unpaired) electrons. The van der Waals surface area contributed by atoms with Gasteiger partial charge in [0.2, 0.25) is 0 Å². The van der Waals surface area contributed by atoms with Crippen LogP contribution in [0.1, 0.15) is 39.7 Å². The molecule has 0 bridgehead atoms. The van der Waals surface area contributed by atoms with Gasteiger partial charge in [0, 0.05) is 30.1 Å². The average Bonchev–Trinajstić information content (AvgIpc) is 3.31. The van der Waals surface area contributed by atoms with Crippen LogP contribution in [-0.4, -0.2) is 32.5 Å². The predicted octanol–water partition coefficient (Wildman–Crippen LogP) is 3.55. The van der Waals surface area contributed by atoms with Gasteiger partial charge in [-0.1, -0.05) is 17.7 Å². The summed E-state index contributed by atoms with van der Waals surface area (Å²) < 4.78 is 1.72. The minimum absolute atomic E-state index is 0.163. The van der Waals surface area contributed by atoms with Gasteiger partial charge in [0.05, 0.1) is 22.8 Å². The quantitative estimate of drug-likeness (QED) is 0.622. The summed E-state index contributed by atoms with van der Waals surface area (Å²) in [6.07, 6.45) is 1.81. The highest BCUT2D eigenvalue weighted by Crippen LogP contribution is 2.24. The van der Waals surface area contributed by atoms with E-state index >= 15 is 0 Å². The van der Waals surface area contributed by atoms with Crippen molar-refractivity contribution in [3.8, 4) is 17.3 Å². The van der Waals surface area contributed by atoms with Crippen LogP contribution < -0.4 is 5.32 Å². The first-order chi connectivity index (χ1) is 13.4. The Labute approximate surface area is 170 Å². The fourth-order valence-corrected chi connectivity index (χ4v) is 3.47. The Bertz CT molecular complexity index is 1080. The van der Waals surface area contributed by atoms with Crippen LogP contribution in [-0.2, 0) is 6.54 Å². The molecule has 2 aromatic heterocycles. The van der Waals surface area contributed by atoms with Crippen molar-refractivity contribution < 1.29 is 9.59 Å². The molecular weight excluding hydrogens is 398 g/mol. The summed E-state index contributed by atoms with van der Waals surface area (Å²) >= 11 is 7.23. The van der Waals surface area contributed by atoms with Gasteiger partial charge in [-0.3, -0.25) is 14.3 Å². The highest BCUT2D eigenvalue weighted by Gasteiger charge is 2.16. The molecule has 0 spiro atoms. The molecule has 1 aromatic carbocycles. The standard InChI is InChI=1S/C19H16ClN5O2S/c1-11(22-18(27)17-10-28-19(23-17)12(2)26)9-25-6-5-16(24-25)13-3-4-14(8-21)15(20)7-13/h3-7,10-11H,9H2,1-2H3,(H,22,27). The van der Waals surface area contributed by atoms with Crippen LogP contribution in [0.5, 0.6) is 0 Å². The summed E-state index contributed by atoms with van der Waals surface area (Å²) in [6, 6.07) is 8.81. The molecule has 0 saturated heterocycles. The zero-order chi connectivity index (χ0) is 20.3. The molecule has 0 aliphatic rings. The Hall–Kier alpha value is -3.02. The Morgan fingerprint density at radius 2 is 2.18 bits per heavy atom. The van der Waals surface area contributed by atoms with Crippen molar-refractivity contribution in [1.29, 1.82) is 5.26 Å². The van der Waals surface area contributed by atoms with Crippen molar-refractivity contribution in [3.05, 3.63) is 57.1 Å². The summed E-state index contributed by atoms with van der Waals surface area (Å²) in [6.45, 7) is 3.73. The number of benzene rings is 1. The van der Waals surface area contributed by atoms with E-state index in [1.165, 1.54) is 6.92 Å². The van der Waals surface area contributed by atoms with Crippen molar-refractivity contribution >= 4 is 34.6 Å². The molecule has 1 atom stereocenters. The van der Waals surface area contributed by atoms with Gasteiger partial charge in [-0.05, 0) is 25.1 Å². The van der Waals surface area contributed by atoms with E-state index in [1.54, 1.807) is 34.5 Å². The molecule has 1 unspecified atom stereocenters. The van der Waals surface area contributed by atoms with Crippen molar-refractivity contribution in [2.24, 2.45) is 0 Å². The number of nitrogens with zero attached hydrogens (tertiary/aromatic N) is 4. The van der Waals surface area contributed by atoms with Crippen molar-refractivity contribution in [3.63, 3.8) is 0 Å². The van der Waals surface area contributed by atoms with Crippen LogP contribution in [0.2, 0.25) is 5.02 Å². The fraction of sp³-hybridized carbons (Fsp3) is 0.211. The number of amides is 1. The molecule has 28 heavy (non-hydrogen) atoms. The second-order valence-corrected chi connectivity index (χ2v) is 7.46. The van der Waals surface area contributed by atoms with Crippen LogP contribution in [0, 0.1) is 11.3 Å². The fourth-order valence-electron chi connectivity index (χ4n) is 2.55. The van der Waals surface area contributed by atoms with E-state index in [0.29, 0.717) is 22.1 Å². The summed E-state index contributed by atoms with van der Waals surface area (Å²) in [7, 11) is 0. The first-order valence-electron chi connectivity index (χ1n) is 8.38. The number of thiazole rings is 1. The third-order valence-electron chi connectivity index (χ3n) is 3.90. The Kier molecular flexibility index (Phi) is 5.87. The SMILES string of the molecule is CC(=O)c1nc(C(=O)NC(C)Cn2ccc(-c3ccc(C#N)c(Cl)c3)n2)cs1. The van der Waals surface area contributed by atoms with Gasteiger partial charge >= 0.3 is 0 Å². The lowest BCUT2D eigenvalue weighted by Crippen LogP contribution is -2.36. The minimum atomic E-state index is -0.331. The van der Waals surface area contributed by atoms with E-state index < -0.39 is 0 Å². The number of hydrogen-bond donors (Lipinski definition) is 1. The molecule has 1 N–H and O–H groups in total. The smallest absolute Gasteiger partial charge is 0.271 e. The van der Waals surface area contributed by atoms with Crippen LogP contribution in [0.3, 0.4) is 0 Å². The third-order valence-corrected chi connectivity index (χ3v) is 5.16. The van der Waals surface area contributed by atoms with Crippen molar-refractivity contribution in [2.75, 3.05) is 0 Å². The van der Waals surface area contributed by atoms with E-state index in [1.807, 2.05) is 19.1 Å². The maximum absolute atomic E-state index is 12.3. The molecule has 3 aromatic rings. The molecular formula is C19H16ClN5O2S. The molecule has 0 fully saturated rings. The molecule has 9 heteroatoms. The third kappa shape index (κ3) is 4.44. The number of hydrogen-bond acceptors (Lipinski definition) is 6. The van der Waals surface area contributed by atoms with E-state index in [-0.39, 0.29) is 23.4 Å². The number of rotatable bonds is 6. The zero-order valence-electron chi connectivity index (χ0n) is 15.1. The maximum Gasteiger partial charge on any atom is 0.271 e. The summed E-state index contributed by atoms with van der Waals surface area (Å²) in [4.78, 5) is 27.6. The molecule has 2 heterocycles. The van der Waals surface area contributed by atoms with Gasteiger partial charge in [0.1, 0.15) is 11.8 Å². The number of halogens is 1. The van der Waals surface area contributed by atoms with E-state index in [0.717, 1.165) is 22.6 Å². The molecule has 0 saturated carbocycles. The van der Waals surface area contributed by atoms with Crippen LogP contribution in [0.15, 0.2) is 35.8 Å². The van der Waals surface area contributed by atoms with Gasteiger partial charge < -0.3 is 5.32 Å². The molecule has 7 nitrogen and oxygen atoms in total. The van der Waals surface area contributed by atoms with Gasteiger partial charge in [0.25, 0.3) is 5.91 Å². The van der Waals surface area contributed by atoms with Crippen molar-refractivity contribution in [1.82, 2.24) is 20.1 Å². The van der Waals surface area contributed by atoms with E-state index in [9.17, 15) is 9.59 Å². The van der Waals surface area contributed by atoms with Gasteiger partial charge in [-0.15, -0.1) is 11.3 Å². The summed E-state index contributed by atoms with van der Waals surface area (Å²) in [5.74, 6) is -0.494. The van der Waals surface area contributed by atoms with Gasteiger partial charge in [-0.25, -0.2) is 4.98 Å². The lowest BCUT2D eigenvalue weighted by atomic mass is 10.1. The molecule has 3 rings (SSSR count). The molecule has 0 aliphatic carbocycles. The lowest BCUT2D eigenvalue weighted by Gasteiger charge is -2.13. The maximum atomic E-state index is 12.3. The van der Waals surface area contributed by atoms with E-state index in [4.69, 9.17) is 16.9 Å². The number of carbonyl (C=O) groups is 2. The monoisotopic (exact) mass is 413 g/mol. The molecule has 1 amide bonds. The number of ketones is 1. The van der Waals surface area contributed by atoms with Crippen LogP contribution in [0.4, 0.5) is 0 Å². The highest BCUT2D eigenvalue weighted by molar-refractivity contribution is 7.11. The Morgan fingerprint density at radius 3 is 2.82 bits per heavy atom. The number of aromatic nitrogens is 3. The second kappa shape index (κ2) is 8.33. The summed E-state index contributed by atoms with van der Waals surface area (Å²) in [5.41, 5.74) is 2.17. The molecule has 142 valence electrons.